The number of aromatic nitrogens is 2. The van der Waals surface area contributed by atoms with E-state index in [1.165, 1.54) is 42.3 Å². The molecule has 34 heavy (non-hydrogen) atoms. The van der Waals surface area contributed by atoms with Crippen molar-refractivity contribution in [3.05, 3.63) is 71.5 Å². The molecular formula is C23H20F5N3O3. The molecule has 3 aromatic rings. The topological polar surface area (TPSA) is 56.6 Å². The first-order valence-electron chi connectivity index (χ1n) is 10.3. The van der Waals surface area contributed by atoms with Gasteiger partial charge in [-0.15, -0.1) is 0 Å². The number of alkyl halides is 5. The third-order valence-electron chi connectivity index (χ3n) is 5.31. The van der Waals surface area contributed by atoms with Crippen LogP contribution in [0, 0.1) is 0 Å². The molecule has 0 radical (unpaired) electrons. The Morgan fingerprint density at radius 3 is 2.44 bits per heavy atom. The molecule has 0 N–H and O–H groups in total. The lowest BCUT2D eigenvalue weighted by molar-refractivity contribution is -0.143. The molecular weight excluding hydrogens is 461 g/mol. The van der Waals surface area contributed by atoms with Crippen LogP contribution < -0.4 is 9.47 Å². The molecule has 11 heteroatoms. The molecule has 0 bridgehead atoms. The Labute approximate surface area is 191 Å². The molecule has 0 spiro atoms. The Morgan fingerprint density at radius 1 is 1.15 bits per heavy atom. The summed E-state index contributed by atoms with van der Waals surface area (Å²) in [4.78, 5) is 14.7. The monoisotopic (exact) mass is 481 g/mol. The van der Waals surface area contributed by atoms with Crippen LogP contribution in [-0.4, -0.2) is 40.4 Å². The van der Waals surface area contributed by atoms with Gasteiger partial charge < -0.3 is 14.4 Å². The molecule has 1 saturated carbocycles. The summed E-state index contributed by atoms with van der Waals surface area (Å²) in [6.45, 7) is -3.09. The van der Waals surface area contributed by atoms with Crippen LogP contribution in [0.4, 0.5) is 22.0 Å². The maximum Gasteiger partial charge on any atom is 0.434 e. The largest absolute Gasteiger partial charge is 0.493 e. The number of nitrogens with zero attached hydrogens (tertiary/aromatic N) is 3. The first-order chi connectivity index (χ1) is 16.2. The van der Waals surface area contributed by atoms with Crippen molar-refractivity contribution >= 4 is 5.91 Å². The fourth-order valence-corrected chi connectivity index (χ4v) is 3.65. The van der Waals surface area contributed by atoms with Crippen molar-refractivity contribution in [1.29, 1.82) is 0 Å². The Morgan fingerprint density at radius 2 is 1.85 bits per heavy atom. The van der Waals surface area contributed by atoms with Crippen molar-refractivity contribution in [3.63, 3.8) is 0 Å². The van der Waals surface area contributed by atoms with Crippen molar-refractivity contribution in [2.45, 2.75) is 38.2 Å². The third kappa shape index (κ3) is 4.97. The molecule has 1 aromatic heterocycles. The van der Waals surface area contributed by atoms with Crippen molar-refractivity contribution in [2.75, 3.05) is 7.11 Å². The van der Waals surface area contributed by atoms with Crippen LogP contribution in [0.2, 0.25) is 0 Å². The summed E-state index contributed by atoms with van der Waals surface area (Å²) in [5.74, 6) is -0.980. The number of para-hydroxylation sites is 1. The van der Waals surface area contributed by atoms with E-state index in [2.05, 4.69) is 9.84 Å². The van der Waals surface area contributed by atoms with Crippen molar-refractivity contribution < 1.29 is 36.2 Å². The van der Waals surface area contributed by atoms with Crippen LogP contribution in [0.3, 0.4) is 0 Å². The van der Waals surface area contributed by atoms with E-state index in [0.29, 0.717) is 23.1 Å². The summed E-state index contributed by atoms with van der Waals surface area (Å²) in [5, 5.41) is 3.85. The molecule has 0 aliphatic heterocycles. The second kappa shape index (κ2) is 9.32. The number of hydrogen-bond donors (Lipinski definition) is 0. The molecule has 6 nitrogen and oxygen atoms in total. The van der Waals surface area contributed by atoms with Gasteiger partial charge >= 0.3 is 12.8 Å². The van der Waals surface area contributed by atoms with Gasteiger partial charge in [-0.05, 0) is 42.7 Å². The highest BCUT2D eigenvalue weighted by Gasteiger charge is 2.43. The smallest absolute Gasteiger partial charge is 0.434 e. The lowest BCUT2D eigenvalue weighted by atomic mass is 10.1. The number of rotatable bonds is 8. The fraction of sp³-hybridized carbons (Fsp3) is 0.304. The number of benzene rings is 2. The van der Waals surface area contributed by atoms with Crippen LogP contribution in [0.15, 0.2) is 54.7 Å². The normalized spacial score (nSPS) is 13.7. The number of hydrogen-bond acceptors (Lipinski definition) is 4. The van der Waals surface area contributed by atoms with E-state index < -0.39 is 30.0 Å². The van der Waals surface area contributed by atoms with Gasteiger partial charge in [0.15, 0.2) is 17.2 Å². The predicted molar refractivity (Wildman–Crippen MR) is 111 cm³/mol. The van der Waals surface area contributed by atoms with Crippen LogP contribution in [0.5, 0.6) is 11.5 Å². The molecule has 180 valence electrons. The van der Waals surface area contributed by atoms with Gasteiger partial charge in [0.25, 0.3) is 5.91 Å². The quantitative estimate of drug-likeness (QED) is 0.410. The van der Waals surface area contributed by atoms with Gasteiger partial charge in [-0.25, -0.2) is 4.68 Å². The van der Waals surface area contributed by atoms with E-state index in [4.69, 9.17) is 4.74 Å². The van der Waals surface area contributed by atoms with E-state index in [1.54, 1.807) is 18.2 Å². The number of ether oxygens (including phenoxy) is 2. The first-order valence-corrected chi connectivity index (χ1v) is 10.3. The van der Waals surface area contributed by atoms with Crippen LogP contribution in [0.25, 0.3) is 5.69 Å². The maximum atomic E-state index is 14.0. The summed E-state index contributed by atoms with van der Waals surface area (Å²) in [5.41, 5.74) is -1.06. The third-order valence-corrected chi connectivity index (χ3v) is 5.31. The number of carbonyl (C=O) groups is 1. The molecule has 4 rings (SSSR count). The molecule has 2 aromatic carbocycles. The van der Waals surface area contributed by atoms with Crippen molar-refractivity contribution in [1.82, 2.24) is 14.7 Å². The molecule has 0 unspecified atom stereocenters. The average molecular weight is 481 g/mol. The number of halogens is 5. The lowest BCUT2D eigenvalue weighted by Gasteiger charge is -2.24. The van der Waals surface area contributed by atoms with Gasteiger partial charge in [-0.1, -0.05) is 24.3 Å². The van der Waals surface area contributed by atoms with E-state index in [1.807, 2.05) is 0 Å². The molecule has 0 atom stereocenters. The summed E-state index contributed by atoms with van der Waals surface area (Å²) in [6.07, 6.45) is -2.62. The van der Waals surface area contributed by atoms with Crippen LogP contribution >= 0.6 is 0 Å². The standard InChI is InChI=1S/C23H20F5N3O3/c1-33-19-11-14(7-10-18(19)34-22(24)25)13-30(15-8-9-15)21(32)17-12-29-31(20(17)23(26,27)28)16-5-3-2-4-6-16/h2-7,10-12,15,22H,8-9,13H2,1H3. The molecule has 0 saturated heterocycles. The van der Waals surface area contributed by atoms with Crippen molar-refractivity contribution in [3.8, 4) is 17.2 Å². The minimum Gasteiger partial charge on any atom is -0.493 e. The SMILES string of the molecule is COc1cc(CN(C(=O)c2cnn(-c3ccccc3)c2C(F)(F)F)C2CC2)ccc1OC(F)F. The Bertz CT molecular complexity index is 1160. The minimum atomic E-state index is -4.83. The zero-order valence-electron chi connectivity index (χ0n) is 17.9. The van der Waals surface area contributed by atoms with E-state index in [0.717, 1.165) is 6.20 Å². The van der Waals surface area contributed by atoms with Gasteiger partial charge in [0.1, 0.15) is 0 Å². The molecule has 1 heterocycles. The summed E-state index contributed by atoms with van der Waals surface area (Å²) >= 11 is 0. The number of carbonyl (C=O) groups excluding carboxylic acids is 1. The van der Waals surface area contributed by atoms with Gasteiger partial charge in [-0.2, -0.15) is 27.1 Å². The van der Waals surface area contributed by atoms with Crippen LogP contribution in [-0.2, 0) is 12.7 Å². The Balaban J connectivity index is 1.67. The summed E-state index contributed by atoms with van der Waals surface area (Å²) in [7, 11) is 1.27. The second-order valence-corrected chi connectivity index (χ2v) is 7.68. The van der Waals surface area contributed by atoms with Crippen molar-refractivity contribution in [2.24, 2.45) is 0 Å². The highest BCUT2D eigenvalue weighted by Crippen LogP contribution is 2.37. The van der Waals surface area contributed by atoms with Crippen LogP contribution in [0.1, 0.15) is 34.5 Å². The summed E-state index contributed by atoms with van der Waals surface area (Å²) < 4.78 is 77.4. The predicted octanol–water partition coefficient (Wildman–Crippen LogP) is 5.31. The Kier molecular flexibility index (Phi) is 6.45. The summed E-state index contributed by atoms with van der Waals surface area (Å²) in [6, 6.07) is 11.6. The molecule has 1 amide bonds. The molecule has 1 aliphatic rings. The zero-order chi connectivity index (χ0) is 24.5. The van der Waals surface area contributed by atoms with Gasteiger partial charge in [0, 0.05) is 12.6 Å². The average Bonchev–Trinajstić information content (AvgIpc) is 3.53. The van der Waals surface area contributed by atoms with E-state index >= 15 is 0 Å². The zero-order valence-corrected chi connectivity index (χ0v) is 17.9. The second-order valence-electron chi connectivity index (χ2n) is 7.68. The first kappa shape index (κ1) is 23.5. The minimum absolute atomic E-state index is 0.0221. The van der Waals surface area contributed by atoms with Gasteiger partial charge in [-0.3, -0.25) is 4.79 Å². The Hall–Kier alpha value is -3.63. The maximum absolute atomic E-state index is 14.0. The highest BCUT2D eigenvalue weighted by atomic mass is 19.4. The molecule has 1 aliphatic carbocycles. The van der Waals surface area contributed by atoms with E-state index in [9.17, 15) is 26.7 Å². The number of amides is 1. The van der Waals surface area contributed by atoms with Gasteiger partial charge in [0.05, 0.1) is 24.6 Å². The number of methoxy groups -OCH3 is 1. The lowest BCUT2D eigenvalue weighted by Crippen LogP contribution is -2.34. The molecule has 1 fully saturated rings. The van der Waals surface area contributed by atoms with E-state index in [-0.39, 0.29) is 29.8 Å². The fourth-order valence-electron chi connectivity index (χ4n) is 3.65. The van der Waals surface area contributed by atoms with Gasteiger partial charge in [0.2, 0.25) is 0 Å². The highest BCUT2D eigenvalue weighted by molar-refractivity contribution is 5.96.